The molecule has 0 fully saturated rings. The molecule has 0 amide bonds. The van der Waals surface area contributed by atoms with E-state index in [2.05, 4.69) is 19.1 Å². The average molecular weight is 280 g/mol. The van der Waals surface area contributed by atoms with Crippen molar-refractivity contribution in [3.63, 3.8) is 0 Å². The molecule has 1 N–H and O–H groups in total. The SMILES string of the molecule is CCCCCCCCCC/C=C/C=C/CCCC(=O)O. The Morgan fingerprint density at radius 1 is 0.800 bits per heavy atom. The van der Waals surface area contributed by atoms with Gasteiger partial charge in [-0.05, 0) is 25.7 Å². The Labute approximate surface area is 125 Å². The van der Waals surface area contributed by atoms with E-state index in [1.807, 2.05) is 12.2 Å². The van der Waals surface area contributed by atoms with E-state index < -0.39 is 5.97 Å². The molecular weight excluding hydrogens is 248 g/mol. The molecule has 0 aromatic heterocycles. The number of hydrogen-bond donors (Lipinski definition) is 1. The minimum absolute atomic E-state index is 0.270. The fourth-order valence-corrected chi connectivity index (χ4v) is 2.12. The minimum atomic E-state index is -0.705. The molecule has 0 unspecified atom stereocenters. The highest BCUT2D eigenvalue weighted by atomic mass is 16.4. The standard InChI is InChI=1S/C18H32O2/c1-2-3-4-5-6-7-8-9-10-11-12-13-14-15-16-17-18(19)20/h11-14H,2-10,15-17H2,1H3,(H,19,20)/b12-11+,14-13+. The maximum Gasteiger partial charge on any atom is 0.303 e. The topological polar surface area (TPSA) is 37.3 Å². The largest absolute Gasteiger partial charge is 0.481 e. The highest BCUT2D eigenvalue weighted by molar-refractivity contribution is 5.66. The summed E-state index contributed by atoms with van der Waals surface area (Å²) in [4.78, 5) is 10.3. The van der Waals surface area contributed by atoms with Crippen molar-refractivity contribution < 1.29 is 9.90 Å². The van der Waals surface area contributed by atoms with Gasteiger partial charge in [-0.25, -0.2) is 0 Å². The highest BCUT2D eigenvalue weighted by Gasteiger charge is 1.92. The van der Waals surface area contributed by atoms with E-state index in [9.17, 15) is 4.79 Å². The van der Waals surface area contributed by atoms with E-state index in [1.54, 1.807) is 0 Å². The molecule has 116 valence electrons. The van der Waals surface area contributed by atoms with Crippen LogP contribution in [-0.2, 0) is 4.79 Å². The van der Waals surface area contributed by atoms with Gasteiger partial charge in [-0.3, -0.25) is 4.79 Å². The Bertz CT molecular complexity index is 267. The number of carbonyl (C=O) groups is 1. The van der Waals surface area contributed by atoms with Crippen LogP contribution in [0.15, 0.2) is 24.3 Å². The second kappa shape index (κ2) is 16.0. The molecule has 0 aromatic carbocycles. The van der Waals surface area contributed by atoms with Gasteiger partial charge in [0.15, 0.2) is 0 Å². The maximum atomic E-state index is 10.3. The number of aliphatic carboxylic acids is 1. The molecular formula is C18H32O2. The van der Waals surface area contributed by atoms with Crippen molar-refractivity contribution in [1.29, 1.82) is 0 Å². The quantitative estimate of drug-likeness (QED) is 0.318. The Balaban J connectivity index is 3.19. The van der Waals surface area contributed by atoms with Gasteiger partial charge in [0.25, 0.3) is 0 Å². The Hall–Kier alpha value is -1.05. The Morgan fingerprint density at radius 2 is 1.30 bits per heavy atom. The monoisotopic (exact) mass is 280 g/mol. The summed E-state index contributed by atoms with van der Waals surface area (Å²) in [5, 5.41) is 8.48. The molecule has 0 spiro atoms. The second-order valence-corrected chi connectivity index (χ2v) is 5.41. The molecule has 0 rings (SSSR count). The number of hydrogen-bond acceptors (Lipinski definition) is 1. The average Bonchev–Trinajstić information content (AvgIpc) is 2.43. The van der Waals surface area contributed by atoms with Crippen LogP contribution in [-0.4, -0.2) is 11.1 Å². The van der Waals surface area contributed by atoms with Crippen LogP contribution in [0.4, 0.5) is 0 Å². The van der Waals surface area contributed by atoms with Crippen molar-refractivity contribution in [1.82, 2.24) is 0 Å². The minimum Gasteiger partial charge on any atom is -0.481 e. The molecule has 0 aromatic rings. The summed E-state index contributed by atoms with van der Waals surface area (Å²) >= 11 is 0. The molecule has 0 atom stereocenters. The van der Waals surface area contributed by atoms with Gasteiger partial charge in [-0.1, -0.05) is 76.2 Å². The van der Waals surface area contributed by atoms with Gasteiger partial charge in [0, 0.05) is 6.42 Å². The molecule has 0 saturated heterocycles. The molecule has 0 radical (unpaired) electrons. The highest BCUT2D eigenvalue weighted by Crippen LogP contribution is 2.09. The van der Waals surface area contributed by atoms with E-state index in [0.717, 1.165) is 19.3 Å². The van der Waals surface area contributed by atoms with Gasteiger partial charge in [0.05, 0.1) is 0 Å². The summed E-state index contributed by atoms with van der Waals surface area (Å²) in [5.74, 6) is -0.705. The summed E-state index contributed by atoms with van der Waals surface area (Å²) in [6.45, 7) is 2.26. The zero-order valence-electron chi connectivity index (χ0n) is 13.2. The molecule has 0 aliphatic heterocycles. The van der Waals surface area contributed by atoms with Crippen molar-refractivity contribution in [3.8, 4) is 0 Å². The second-order valence-electron chi connectivity index (χ2n) is 5.41. The summed E-state index contributed by atoms with van der Waals surface area (Å²) < 4.78 is 0. The van der Waals surface area contributed by atoms with E-state index >= 15 is 0 Å². The first-order valence-electron chi connectivity index (χ1n) is 8.30. The lowest BCUT2D eigenvalue weighted by Crippen LogP contribution is -1.92. The molecule has 20 heavy (non-hydrogen) atoms. The molecule has 0 saturated carbocycles. The van der Waals surface area contributed by atoms with Crippen molar-refractivity contribution in [2.75, 3.05) is 0 Å². The number of allylic oxidation sites excluding steroid dienone is 4. The van der Waals surface area contributed by atoms with E-state index in [1.165, 1.54) is 51.4 Å². The fraction of sp³-hybridized carbons (Fsp3) is 0.722. The summed E-state index contributed by atoms with van der Waals surface area (Å²) in [7, 11) is 0. The van der Waals surface area contributed by atoms with Crippen LogP contribution in [0.1, 0.15) is 84.0 Å². The zero-order chi connectivity index (χ0) is 14.9. The van der Waals surface area contributed by atoms with Gasteiger partial charge < -0.3 is 5.11 Å². The Kier molecular flexibility index (Phi) is 15.2. The molecule has 2 heteroatoms. The fourth-order valence-electron chi connectivity index (χ4n) is 2.12. The number of carboxylic acid groups (broad SMARTS) is 1. The lowest BCUT2D eigenvalue weighted by atomic mass is 10.1. The van der Waals surface area contributed by atoms with Crippen LogP contribution >= 0.6 is 0 Å². The third kappa shape index (κ3) is 16.9. The van der Waals surface area contributed by atoms with E-state index in [-0.39, 0.29) is 6.42 Å². The molecule has 0 heterocycles. The van der Waals surface area contributed by atoms with Crippen LogP contribution < -0.4 is 0 Å². The first-order valence-corrected chi connectivity index (χ1v) is 8.30. The van der Waals surface area contributed by atoms with Crippen LogP contribution in [0, 0.1) is 0 Å². The molecule has 0 bridgehead atoms. The molecule has 0 aliphatic rings. The number of rotatable bonds is 14. The van der Waals surface area contributed by atoms with Gasteiger partial charge in [0.2, 0.25) is 0 Å². The third-order valence-corrected chi connectivity index (χ3v) is 3.37. The molecule has 0 aliphatic carbocycles. The lowest BCUT2D eigenvalue weighted by molar-refractivity contribution is -0.137. The number of carboxylic acids is 1. The van der Waals surface area contributed by atoms with Crippen LogP contribution in [0.25, 0.3) is 0 Å². The predicted molar refractivity (Wildman–Crippen MR) is 87.0 cm³/mol. The predicted octanol–water partition coefficient (Wildman–Crippen LogP) is 5.88. The van der Waals surface area contributed by atoms with Crippen molar-refractivity contribution in [3.05, 3.63) is 24.3 Å². The van der Waals surface area contributed by atoms with Crippen LogP contribution in [0.5, 0.6) is 0 Å². The van der Waals surface area contributed by atoms with E-state index in [4.69, 9.17) is 5.11 Å². The van der Waals surface area contributed by atoms with Gasteiger partial charge >= 0.3 is 5.97 Å². The van der Waals surface area contributed by atoms with Crippen LogP contribution in [0.3, 0.4) is 0 Å². The first kappa shape index (κ1) is 18.9. The van der Waals surface area contributed by atoms with Gasteiger partial charge in [0.1, 0.15) is 0 Å². The van der Waals surface area contributed by atoms with E-state index in [0.29, 0.717) is 0 Å². The first-order chi connectivity index (χ1) is 9.77. The maximum absolute atomic E-state index is 10.3. The van der Waals surface area contributed by atoms with Crippen LogP contribution in [0.2, 0.25) is 0 Å². The normalized spacial score (nSPS) is 11.7. The van der Waals surface area contributed by atoms with Crippen molar-refractivity contribution in [2.24, 2.45) is 0 Å². The molecule has 2 nitrogen and oxygen atoms in total. The Morgan fingerprint density at radius 3 is 1.85 bits per heavy atom. The smallest absolute Gasteiger partial charge is 0.303 e. The van der Waals surface area contributed by atoms with Crippen molar-refractivity contribution in [2.45, 2.75) is 84.0 Å². The third-order valence-electron chi connectivity index (χ3n) is 3.37. The summed E-state index contributed by atoms with van der Waals surface area (Å²) in [5.41, 5.74) is 0. The number of unbranched alkanes of at least 4 members (excludes halogenated alkanes) is 9. The summed E-state index contributed by atoms with van der Waals surface area (Å²) in [6, 6.07) is 0. The zero-order valence-corrected chi connectivity index (χ0v) is 13.2. The van der Waals surface area contributed by atoms with Gasteiger partial charge in [-0.15, -0.1) is 0 Å². The van der Waals surface area contributed by atoms with Gasteiger partial charge in [-0.2, -0.15) is 0 Å². The van der Waals surface area contributed by atoms with Crippen molar-refractivity contribution >= 4 is 5.97 Å². The summed E-state index contributed by atoms with van der Waals surface area (Å²) in [6.07, 6.45) is 22.3. The lowest BCUT2D eigenvalue weighted by Gasteiger charge is -1.99.